The smallest absolute Gasteiger partial charge is 0.163 e. The molecule has 1 saturated carbocycles. The third-order valence-corrected chi connectivity index (χ3v) is 4.12. The van der Waals surface area contributed by atoms with Crippen LogP contribution in [-0.4, -0.2) is 11.9 Å². The molecule has 0 aromatic heterocycles. The standard InChI is InChI=1S/C16H22O2/c1-16(2)17-14-11-7-6-10-13(14)15(18-16)12-8-4-3-5-9-12/h3-5,8-9,13-15H,6-7,10-11H2,1-2H3/t13-,14-,15+/m0/s1. The van der Waals surface area contributed by atoms with E-state index in [0.717, 1.165) is 0 Å². The lowest BCUT2D eigenvalue weighted by Gasteiger charge is -2.48. The molecule has 0 bridgehead atoms. The van der Waals surface area contributed by atoms with Gasteiger partial charge in [0.2, 0.25) is 0 Å². The van der Waals surface area contributed by atoms with Gasteiger partial charge >= 0.3 is 0 Å². The number of fused-ring (bicyclic) bond motifs is 1. The monoisotopic (exact) mass is 246 g/mol. The molecule has 1 aliphatic heterocycles. The molecular formula is C16H22O2. The van der Waals surface area contributed by atoms with E-state index < -0.39 is 5.79 Å². The summed E-state index contributed by atoms with van der Waals surface area (Å²) in [6, 6.07) is 10.6. The van der Waals surface area contributed by atoms with Crippen LogP contribution in [0.4, 0.5) is 0 Å². The normalized spacial score (nSPS) is 34.9. The molecule has 1 aromatic rings. The number of benzene rings is 1. The molecule has 2 aliphatic rings. The summed E-state index contributed by atoms with van der Waals surface area (Å²) in [5.74, 6) is 0.0631. The average Bonchev–Trinajstić information content (AvgIpc) is 2.38. The fraction of sp³-hybridized carbons (Fsp3) is 0.625. The Bertz CT molecular complexity index is 399. The highest BCUT2D eigenvalue weighted by molar-refractivity contribution is 5.19. The predicted molar refractivity (Wildman–Crippen MR) is 71.2 cm³/mol. The summed E-state index contributed by atoms with van der Waals surface area (Å²) in [7, 11) is 0. The van der Waals surface area contributed by atoms with Gasteiger partial charge < -0.3 is 9.47 Å². The van der Waals surface area contributed by atoms with Crippen LogP contribution in [0.3, 0.4) is 0 Å². The van der Waals surface area contributed by atoms with Gasteiger partial charge in [0.05, 0.1) is 12.2 Å². The number of ether oxygens (including phenoxy) is 2. The van der Waals surface area contributed by atoms with Crippen molar-refractivity contribution in [2.45, 2.75) is 57.5 Å². The van der Waals surface area contributed by atoms with E-state index in [4.69, 9.17) is 9.47 Å². The second-order valence-corrected chi connectivity index (χ2v) is 5.95. The van der Waals surface area contributed by atoms with E-state index in [2.05, 4.69) is 30.3 Å². The third-order valence-electron chi connectivity index (χ3n) is 4.12. The molecule has 1 aliphatic carbocycles. The maximum Gasteiger partial charge on any atom is 0.163 e. The zero-order chi connectivity index (χ0) is 12.6. The molecule has 1 saturated heterocycles. The molecule has 98 valence electrons. The Labute approximate surface area is 109 Å². The molecule has 18 heavy (non-hydrogen) atoms. The summed E-state index contributed by atoms with van der Waals surface area (Å²) in [5, 5.41) is 0. The first kappa shape index (κ1) is 12.2. The van der Waals surface area contributed by atoms with Gasteiger partial charge in [-0.1, -0.05) is 43.2 Å². The summed E-state index contributed by atoms with van der Waals surface area (Å²) < 4.78 is 12.3. The van der Waals surface area contributed by atoms with Gasteiger partial charge in [-0.05, 0) is 32.3 Å². The minimum Gasteiger partial charge on any atom is -0.347 e. The van der Waals surface area contributed by atoms with Crippen LogP contribution in [-0.2, 0) is 9.47 Å². The molecule has 0 N–H and O–H groups in total. The highest BCUT2D eigenvalue weighted by Gasteiger charge is 2.44. The van der Waals surface area contributed by atoms with Crippen LogP contribution in [0.2, 0.25) is 0 Å². The highest BCUT2D eigenvalue weighted by atomic mass is 16.7. The van der Waals surface area contributed by atoms with Crippen molar-refractivity contribution in [2.24, 2.45) is 5.92 Å². The van der Waals surface area contributed by atoms with Gasteiger partial charge in [-0.3, -0.25) is 0 Å². The molecule has 1 aromatic carbocycles. The second kappa shape index (κ2) is 4.67. The van der Waals surface area contributed by atoms with E-state index in [1.54, 1.807) is 0 Å². The van der Waals surface area contributed by atoms with E-state index in [0.29, 0.717) is 12.0 Å². The molecule has 1 heterocycles. The lowest BCUT2D eigenvalue weighted by molar-refractivity contribution is -0.329. The summed E-state index contributed by atoms with van der Waals surface area (Å²) in [5.41, 5.74) is 1.30. The quantitative estimate of drug-likeness (QED) is 0.743. The SMILES string of the molecule is CC1(C)O[C@H]2CCCC[C@@H]2[C@@H](c2ccccc2)O1. The molecule has 0 spiro atoms. The first-order chi connectivity index (χ1) is 8.66. The predicted octanol–water partition coefficient (Wildman–Crippen LogP) is 4.07. The molecule has 3 atom stereocenters. The summed E-state index contributed by atoms with van der Waals surface area (Å²) in [6.45, 7) is 4.07. The van der Waals surface area contributed by atoms with Gasteiger partial charge in [0.25, 0.3) is 0 Å². The first-order valence-corrected chi connectivity index (χ1v) is 7.06. The number of rotatable bonds is 1. The van der Waals surface area contributed by atoms with Crippen LogP contribution in [0, 0.1) is 5.92 Å². The summed E-state index contributed by atoms with van der Waals surface area (Å²) >= 11 is 0. The molecule has 2 heteroatoms. The Balaban J connectivity index is 1.90. The van der Waals surface area contributed by atoms with Crippen molar-refractivity contribution in [3.05, 3.63) is 35.9 Å². The van der Waals surface area contributed by atoms with Gasteiger partial charge in [-0.2, -0.15) is 0 Å². The lowest BCUT2D eigenvalue weighted by atomic mass is 9.79. The zero-order valence-corrected chi connectivity index (χ0v) is 11.3. The molecule has 2 fully saturated rings. The van der Waals surface area contributed by atoms with E-state index in [1.807, 2.05) is 13.8 Å². The van der Waals surface area contributed by atoms with Crippen LogP contribution < -0.4 is 0 Å². The Morgan fingerprint density at radius 1 is 1.00 bits per heavy atom. The van der Waals surface area contributed by atoms with E-state index in [-0.39, 0.29) is 6.10 Å². The fourth-order valence-electron chi connectivity index (χ4n) is 3.36. The van der Waals surface area contributed by atoms with E-state index in [9.17, 15) is 0 Å². The Kier molecular flexibility index (Phi) is 3.16. The average molecular weight is 246 g/mol. The maximum absolute atomic E-state index is 6.21. The molecule has 2 nitrogen and oxygen atoms in total. The summed E-state index contributed by atoms with van der Waals surface area (Å²) in [6.07, 6.45) is 5.56. The van der Waals surface area contributed by atoms with Gasteiger partial charge in [-0.15, -0.1) is 0 Å². The van der Waals surface area contributed by atoms with Crippen LogP contribution in [0.1, 0.15) is 51.2 Å². The van der Waals surface area contributed by atoms with E-state index in [1.165, 1.54) is 31.2 Å². The lowest BCUT2D eigenvalue weighted by Crippen LogP contribution is -2.48. The highest BCUT2D eigenvalue weighted by Crippen LogP contribution is 2.45. The van der Waals surface area contributed by atoms with Gasteiger partial charge in [0.15, 0.2) is 5.79 Å². The maximum atomic E-state index is 6.21. The molecular weight excluding hydrogens is 224 g/mol. The van der Waals surface area contributed by atoms with Gasteiger partial charge in [0.1, 0.15) is 0 Å². The molecule has 0 amide bonds. The Hall–Kier alpha value is -0.860. The van der Waals surface area contributed by atoms with Crippen molar-refractivity contribution in [1.82, 2.24) is 0 Å². The Morgan fingerprint density at radius 3 is 2.50 bits per heavy atom. The minimum atomic E-state index is -0.459. The zero-order valence-electron chi connectivity index (χ0n) is 11.3. The van der Waals surface area contributed by atoms with Crippen molar-refractivity contribution in [2.75, 3.05) is 0 Å². The van der Waals surface area contributed by atoms with Crippen molar-refractivity contribution < 1.29 is 9.47 Å². The topological polar surface area (TPSA) is 18.5 Å². The fourth-order valence-corrected chi connectivity index (χ4v) is 3.36. The van der Waals surface area contributed by atoms with Crippen molar-refractivity contribution in [1.29, 1.82) is 0 Å². The minimum absolute atomic E-state index is 0.195. The van der Waals surface area contributed by atoms with Crippen LogP contribution >= 0.6 is 0 Å². The van der Waals surface area contributed by atoms with Crippen molar-refractivity contribution in [3.8, 4) is 0 Å². The van der Waals surface area contributed by atoms with E-state index >= 15 is 0 Å². The van der Waals surface area contributed by atoms with Crippen LogP contribution in [0.25, 0.3) is 0 Å². The van der Waals surface area contributed by atoms with Crippen LogP contribution in [0.5, 0.6) is 0 Å². The Morgan fingerprint density at radius 2 is 1.72 bits per heavy atom. The third kappa shape index (κ3) is 2.32. The largest absolute Gasteiger partial charge is 0.347 e. The van der Waals surface area contributed by atoms with Crippen molar-refractivity contribution >= 4 is 0 Å². The summed E-state index contributed by atoms with van der Waals surface area (Å²) in [4.78, 5) is 0. The van der Waals surface area contributed by atoms with Gasteiger partial charge in [0, 0.05) is 5.92 Å². The van der Waals surface area contributed by atoms with Crippen molar-refractivity contribution in [3.63, 3.8) is 0 Å². The second-order valence-electron chi connectivity index (χ2n) is 5.95. The van der Waals surface area contributed by atoms with Crippen LogP contribution in [0.15, 0.2) is 30.3 Å². The number of hydrogen-bond donors (Lipinski definition) is 0. The number of hydrogen-bond acceptors (Lipinski definition) is 2. The van der Waals surface area contributed by atoms with Gasteiger partial charge in [-0.25, -0.2) is 0 Å². The molecule has 0 unspecified atom stereocenters. The first-order valence-electron chi connectivity index (χ1n) is 7.06. The molecule has 0 radical (unpaired) electrons. The molecule has 3 rings (SSSR count).